The Balaban J connectivity index is 1.54. The molecule has 0 amide bonds. The third-order valence-corrected chi connectivity index (χ3v) is 6.29. The zero-order chi connectivity index (χ0) is 27.4. The first-order chi connectivity index (χ1) is 18.1. The highest BCUT2D eigenvalue weighted by Gasteiger charge is 2.31. The lowest BCUT2D eigenvalue weighted by atomic mass is 10.00. The second-order valence-corrected chi connectivity index (χ2v) is 8.80. The van der Waals surface area contributed by atoms with E-state index in [-0.39, 0.29) is 24.2 Å². The van der Waals surface area contributed by atoms with Crippen LogP contribution in [0.2, 0.25) is 0 Å². The summed E-state index contributed by atoms with van der Waals surface area (Å²) in [5, 5.41) is 3.91. The first-order valence-corrected chi connectivity index (χ1v) is 11.9. The molecule has 0 radical (unpaired) electrons. The number of rotatable bonds is 9. The molecule has 1 unspecified atom stereocenters. The molecule has 9 heteroatoms. The molecule has 6 nitrogen and oxygen atoms in total. The summed E-state index contributed by atoms with van der Waals surface area (Å²) in [6.07, 6.45) is -4.55. The Bertz CT molecular complexity index is 1440. The van der Waals surface area contributed by atoms with Crippen LogP contribution >= 0.6 is 0 Å². The number of aryl methyl sites for hydroxylation is 1. The van der Waals surface area contributed by atoms with E-state index in [9.17, 15) is 18.0 Å². The van der Waals surface area contributed by atoms with Gasteiger partial charge in [0.1, 0.15) is 23.7 Å². The summed E-state index contributed by atoms with van der Waals surface area (Å²) in [4.78, 5) is 12.0. The largest absolute Gasteiger partial charge is 0.497 e. The summed E-state index contributed by atoms with van der Waals surface area (Å²) in [7, 11) is 2.85. The summed E-state index contributed by atoms with van der Waals surface area (Å²) in [6, 6.07) is 16.2. The van der Waals surface area contributed by atoms with Crippen molar-refractivity contribution in [2.75, 3.05) is 27.4 Å². The van der Waals surface area contributed by atoms with Crippen molar-refractivity contribution >= 4 is 16.9 Å². The number of alkyl halides is 3. The fraction of sp³-hybridized carbons (Fsp3) is 0.276. The van der Waals surface area contributed by atoms with Crippen LogP contribution in [0.1, 0.15) is 40.2 Å². The van der Waals surface area contributed by atoms with Crippen molar-refractivity contribution < 1.29 is 36.6 Å². The topological polar surface area (TPSA) is 69.9 Å². The highest BCUT2D eigenvalue weighted by Crippen LogP contribution is 2.37. The van der Waals surface area contributed by atoms with Crippen LogP contribution in [0.15, 0.2) is 65.1 Å². The zero-order valence-corrected chi connectivity index (χ0v) is 21.4. The number of esters is 1. The van der Waals surface area contributed by atoms with Crippen LogP contribution in [0.5, 0.6) is 11.5 Å². The van der Waals surface area contributed by atoms with Gasteiger partial charge in [-0.3, -0.25) is 0 Å². The molecule has 0 bridgehead atoms. The van der Waals surface area contributed by atoms with Crippen LogP contribution in [-0.4, -0.2) is 33.3 Å². The summed E-state index contributed by atoms with van der Waals surface area (Å²) < 4.78 is 62.4. The quantitative estimate of drug-likeness (QED) is 0.188. The maximum atomic E-state index is 13.7. The molecule has 0 aliphatic carbocycles. The van der Waals surface area contributed by atoms with E-state index in [2.05, 4.69) is 5.32 Å². The van der Waals surface area contributed by atoms with Gasteiger partial charge >= 0.3 is 12.1 Å². The lowest BCUT2D eigenvalue weighted by Gasteiger charge is -2.17. The lowest BCUT2D eigenvalue weighted by molar-refractivity contribution is -0.137. The number of ether oxygens (including phenoxy) is 3. The zero-order valence-electron chi connectivity index (χ0n) is 21.4. The van der Waals surface area contributed by atoms with Crippen molar-refractivity contribution in [3.8, 4) is 22.6 Å². The Morgan fingerprint density at radius 3 is 2.50 bits per heavy atom. The van der Waals surface area contributed by atoms with E-state index in [4.69, 9.17) is 18.6 Å². The molecule has 1 atom stereocenters. The van der Waals surface area contributed by atoms with E-state index in [1.807, 2.05) is 31.2 Å². The van der Waals surface area contributed by atoms with Gasteiger partial charge in [-0.25, -0.2) is 4.79 Å². The molecule has 0 spiro atoms. The molecule has 1 N–H and O–H groups in total. The van der Waals surface area contributed by atoms with Gasteiger partial charge in [-0.05, 0) is 73.0 Å². The number of furan rings is 1. The average molecular weight is 528 g/mol. The molecule has 3 aromatic carbocycles. The van der Waals surface area contributed by atoms with E-state index in [1.54, 1.807) is 38.3 Å². The molecule has 200 valence electrons. The van der Waals surface area contributed by atoms with Gasteiger partial charge in [0.05, 0.1) is 19.8 Å². The van der Waals surface area contributed by atoms with E-state index in [0.29, 0.717) is 34.2 Å². The number of methoxy groups -OCH3 is 2. The minimum absolute atomic E-state index is 0.00872. The van der Waals surface area contributed by atoms with Crippen molar-refractivity contribution in [2.24, 2.45) is 0 Å². The van der Waals surface area contributed by atoms with Gasteiger partial charge in [0.25, 0.3) is 0 Å². The maximum Gasteiger partial charge on any atom is 0.416 e. The standard InChI is InChI=1S/C29H28F3NO5/c1-17-25-15-20(8-9-26(25)38-27(17)28(34)36-4)21-12-22(29(30,31)32)16-24(14-21)37-11-10-33-18(2)19-6-5-7-23(13-19)35-3/h5-9,12-16,18,33H,10-11H2,1-4H3. The normalized spacial score (nSPS) is 12.4. The second-order valence-electron chi connectivity index (χ2n) is 8.80. The maximum absolute atomic E-state index is 13.7. The predicted molar refractivity (Wildman–Crippen MR) is 138 cm³/mol. The Morgan fingerprint density at radius 2 is 1.79 bits per heavy atom. The Morgan fingerprint density at radius 1 is 1.00 bits per heavy atom. The Hall–Kier alpha value is -3.98. The Kier molecular flexibility index (Phi) is 7.97. The van der Waals surface area contributed by atoms with Gasteiger partial charge in [0.15, 0.2) is 0 Å². The number of halogens is 3. The van der Waals surface area contributed by atoms with Crippen molar-refractivity contribution in [2.45, 2.75) is 26.1 Å². The number of carbonyl (C=O) groups excluding carboxylic acids is 1. The van der Waals surface area contributed by atoms with E-state index >= 15 is 0 Å². The molecule has 0 saturated heterocycles. The number of fused-ring (bicyclic) bond motifs is 1. The summed E-state index contributed by atoms with van der Waals surface area (Å²) in [5.74, 6) is 0.284. The molecule has 0 aliphatic rings. The van der Waals surface area contributed by atoms with Crippen LogP contribution in [0.3, 0.4) is 0 Å². The molecule has 0 aliphatic heterocycles. The molecule has 38 heavy (non-hydrogen) atoms. The molecule has 0 fully saturated rings. The minimum atomic E-state index is -4.55. The van der Waals surface area contributed by atoms with Crippen LogP contribution in [-0.2, 0) is 10.9 Å². The highest BCUT2D eigenvalue weighted by atomic mass is 19.4. The second kappa shape index (κ2) is 11.2. The molecule has 1 heterocycles. The van der Waals surface area contributed by atoms with Crippen molar-refractivity contribution in [3.63, 3.8) is 0 Å². The highest BCUT2D eigenvalue weighted by molar-refractivity contribution is 5.97. The number of benzene rings is 3. The first-order valence-electron chi connectivity index (χ1n) is 11.9. The fourth-order valence-corrected chi connectivity index (χ4v) is 4.17. The summed E-state index contributed by atoms with van der Waals surface area (Å²) in [5.41, 5.74) is 2.04. The number of hydrogen-bond donors (Lipinski definition) is 1. The molecule has 4 aromatic rings. The van der Waals surface area contributed by atoms with Crippen molar-refractivity contribution in [3.05, 3.63) is 83.1 Å². The molecule has 0 saturated carbocycles. The monoisotopic (exact) mass is 527 g/mol. The summed E-state index contributed by atoms with van der Waals surface area (Å²) >= 11 is 0. The van der Waals surface area contributed by atoms with Gasteiger partial charge in [-0.15, -0.1) is 0 Å². The molecule has 4 rings (SSSR count). The molecular formula is C29H28F3NO5. The van der Waals surface area contributed by atoms with Gasteiger partial charge in [0, 0.05) is 23.5 Å². The number of carbonyl (C=O) groups is 1. The third kappa shape index (κ3) is 5.94. The number of hydrogen-bond acceptors (Lipinski definition) is 6. The van der Waals surface area contributed by atoms with Crippen LogP contribution in [0.25, 0.3) is 22.1 Å². The van der Waals surface area contributed by atoms with Crippen LogP contribution in [0, 0.1) is 6.92 Å². The van der Waals surface area contributed by atoms with Gasteiger partial charge in [0.2, 0.25) is 5.76 Å². The lowest BCUT2D eigenvalue weighted by Crippen LogP contribution is -2.24. The Labute approximate surface area is 218 Å². The van der Waals surface area contributed by atoms with Gasteiger partial charge in [-0.2, -0.15) is 13.2 Å². The average Bonchev–Trinajstić information content (AvgIpc) is 3.25. The van der Waals surface area contributed by atoms with Gasteiger partial charge in [-0.1, -0.05) is 18.2 Å². The van der Waals surface area contributed by atoms with Crippen LogP contribution in [0.4, 0.5) is 13.2 Å². The first kappa shape index (κ1) is 27.1. The fourth-order valence-electron chi connectivity index (χ4n) is 4.17. The van der Waals surface area contributed by atoms with E-state index < -0.39 is 17.7 Å². The molecular weight excluding hydrogens is 499 g/mol. The summed E-state index contributed by atoms with van der Waals surface area (Å²) in [6.45, 7) is 4.26. The third-order valence-electron chi connectivity index (χ3n) is 6.29. The number of nitrogens with one attached hydrogen (secondary N) is 1. The SMILES string of the molecule is COC(=O)c1oc2ccc(-c3cc(OCCNC(C)c4cccc(OC)c4)cc(C(F)(F)F)c3)cc2c1C. The molecule has 1 aromatic heterocycles. The predicted octanol–water partition coefficient (Wildman–Crippen LogP) is 6.95. The van der Waals surface area contributed by atoms with Crippen molar-refractivity contribution in [1.82, 2.24) is 5.32 Å². The van der Waals surface area contributed by atoms with E-state index in [0.717, 1.165) is 23.4 Å². The van der Waals surface area contributed by atoms with Crippen molar-refractivity contribution in [1.29, 1.82) is 0 Å². The smallest absolute Gasteiger partial charge is 0.416 e. The minimum Gasteiger partial charge on any atom is -0.497 e. The van der Waals surface area contributed by atoms with Gasteiger partial charge < -0.3 is 23.9 Å². The van der Waals surface area contributed by atoms with Crippen LogP contribution < -0.4 is 14.8 Å². The van der Waals surface area contributed by atoms with E-state index in [1.165, 1.54) is 7.11 Å².